The van der Waals surface area contributed by atoms with E-state index in [9.17, 15) is 4.79 Å². The van der Waals surface area contributed by atoms with E-state index in [1.54, 1.807) is 0 Å². The number of halogens is 3. The number of thiocarbonyl (C=S) groups is 1. The summed E-state index contributed by atoms with van der Waals surface area (Å²) in [6, 6.07) is 0. The first-order valence-electron chi connectivity index (χ1n) is 4.58. The molecule has 0 unspecified atom stereocenters. The zero-order valence-corrected chi connectivity index (χ0v) is 12.8. The summed E-state index contributed by atoms with van der Waals surface area (Å²) >= 11 is 23.5. The Bertz CT molecular complexity index is 244. The molecule has 0 radical (unpaired) electrons. The third-order valence-corrected chi connectivity index (χ3v) is 4.53. The standard InChI is InChI=1S/C8H13Cl3N2OS2/c1-3-13(4-2)7(15)16-6(12-5-14)8(9,10)11/h5-6H,3-4H2,1-2H3,(H,12,14)/t6-/m1/s1. The van der Waals surface area contributed by atoms with Crippen molar-refractivity contribution in [2.75, 3.05) is 13.1 Å². The van der Waals surface area contributed by atoms with Crippen molar-refractivity contribution in [3.63, 3.8) is 0 Å². The Morgan fingerprint density at radius 2 is 2.00 bits per heavy atom. The molecule has 1 N–H and O–H groups in total. The van der Waals surface area contributed by atoms with Gasteiger partial charge in [0.25, 0.3) is 0 Å². The summed E-state index contributed by atoms with van der Waals surface area (Å²) in [6.45, 7) is 5.51. The van der Waals surface area contributed by atoms with Gasteiger partial charge >= 0.3 is 0 Å². The first-order chi connectivity index (χ1) is 7.36. The largest absolute Gasteiger partial charge is 0.358 e. The topological polar surface area (TPSA) is 32.3 Å². The highest BCUT2D eigenvalue weighted by Gasteiger charge is 2.34. The number of nitrogens with zero attached hydrogens (tertiary/aromatic N) is 1. The van der Waals surface area contributed by atoms with Gasteiger partial charge in [-0.05, 0) is 13.8 Å². The summed E-state index contributed by atoms with van der Waals surface area (Å²) in [5.41, 5.74) is 0. The van der Waals surface area contributed by atoms with E-state index in [0.717, 1.165) is 24.9 Å². The van der Waals surface area contributed by atoms with Crippen molar-refractivity contribution in [3.05, 3.63) is 0 Å². The lowest BCUT2D eigenvalue weighted by Gasteiger charge is -2.27. The number of carbonyl (C=O) groups excluding carboxylic acids is 1. The molecule has 1 amide bonds. The predicted octanol–water partition coefficient (Wildman–Crippen LogP) is 2.79. The number of amides is 1. The molecule has 0 aromatic heterocycles. The van der Waals surface area contributed by atoms with E-state index >= 15 is 0 Å². The molecule has 1 atom stereocenters. The molecule has 0 aliphatic rings. The lowest BCUT2D eigenvalue weighted by Crippen LogP contribution is -2.40. The minimum Gasteiger partial charge on any atom is -0.358 e. The Labute approximate surface area is 120 Å². The average molecular weight is 324 g/mol. The van der Waals surface area contributed by atoms with Crippen LogP contribution in [0.2, 0.25) is 0 Å². The number of carbonyl (C=O) groups is 1. The number of hydrogen-bond donors (Lipinski definition) is 1. The van der Waals surface area contributed by atoms with Crippen LogP contribution in [0.4, 0.5) is 0 Å². The predicted molar refractivity (Wildman–Crippen MR) is 76.4 cm³/mol. The first-order valence-corrected chi connectivity index (χ1v) is 7.00. The Kier molecular flexibility index (Phi) is 8.10. The monoisotopic (exact) mass is 322 g/mol. The van der Waals surface area contributed by atoms with Gasteiger partial charge in [-0.1, -0.05) is 58.8 Å². The molecule has 0 heterocycles. The minimum absolute atomic E-state index is 0.490. The molecule has 0 aliphatic heterocycles. The summed E-state index contributed by atoms with van der Waals surface area (Å²) in [5.74, 6) is 0. The molecule has 94 valence electrons. The fraction of sp³-hybridized carbons (Fsp3) is 0.750. The van der Waals surface area contributed by atoms with E-state index in [2.05, 4.69) is 5.32 Å². The van der Waals surface area contributed by atoms with E-state index in [-0.39, 0.29) is 0 Å². The SMILES string of the molecule is CCN(CC)C(=S)S[C@@H](NC=O)C(Cl)(Cl)Cl. The number of hydrogen-bond acceptors (Lipinski definition) is 3. The Balaban J connectivity index is 4.51. The van der Waals surface area contributed by atoms with Crippen molar-refractivity contribution in [2.24, 2.45) is 0 Å². The molecule has 0 bridgehead atoms. The van der Waals surface area contributed by atoms with E-state index in [1.807, 2.05) is 18.7 Å². The summed E-state index contributed by atoms with van der Waals surface area (Å²) in [5, 5.41) is 1.74. The fourth-order valence-electron chi connectivity index (χ4n) is 0.914. The van der Waals surface area contributed by atoms with Gasteiger partial charge in [0.2, 0.25) is 10.2 Å². The molecule has 0 aromatic carbocycles. The van der Waals surface area contributed by atoms with Gasteiger partial charge < -0.3 is 10.2 Å². The van der Waals surface area contributed by atoms with Crippen LogP contribution in [-0.4, -0.2) is 37.9 Å². The third kappa shape index (κ3) is 5.77. The second kappa shape index (κ2) is 7.82. The van der Waals surface area contributed by atoms with E-state index in [1.165, 1.54) is 0 Å². The quantitative estimate of drug-likeness (QED) is 0.365. The zero-order valence-electron chi connectivity index (χ0n) is 8.87. The molecular formula is C8H13Cl3N2OS2. The van der Waals surface area contributed by atoms with Gasteiger partial charge in [0.1, 0.15) is 9.69 Å². The van der Waals surface area contributed by atoms with Crippen LogP contribution >= 0.6 is 58.8 Å². The highest BCUT2D eigenvalue weighted by atomic mass is 35.6. The summed E-state index contributed by atoms with van der Waals surface area (Å²) < 4.78 is -1.00. The van der Waals surface area contributed by atoms with Crippen LogP contribution in [0.25, 0.3) is 0 Å². The average Bonchev–Trinajstić information content (AvgIpc) is 2.17. The second-order valence-corrected chi connectivity index (χ2v) is 6.87. The fourth-order valence-corrected chi connectivity index (χ4v) is 2.92. The molecule has 0 aliphatic carbocycles. The van der Waals surface area contributed by atoms with Gasteiger partial charge in [0, 0.05) is 13.1 Å². The molecule has 0 spiro atoms. The Hall–Kier alpha value is 0.580. The first kappa shape index (κ1) is 16.6. The van der Waals surface area contributed by atoms with Gasteiger partial charge in [-0.3, -0.25) is 4.79 Å². The molecule has 8 heteroatoms. The van der Waals surface area contributed by atoms with Crippen LogP contribution in [0, 0.1) is 0 Å². The second-order valence-electron chi connectivity index (χ2n) is 2.76. The lowest BCUT2D eigenvalue weighted by atomic mass is 10.6. The highest BCUT2D eigenvalue weighted by molar-refractivity contribution is 8.23. The number of thioether (sulfide) groups is 1. The van der Waals surface area contributed by atoms with E-state index in [0.29, 0.717) is 10.7 Å². The van der Waals surface area contributed by atoms with Gasteiger partial charge in [0.05, 0.1) is 0 Å². The number of rotatable bonds is 5. The van der Waals surface area contributed by atoms with Crippen LogP contribution in [0.3, 0.4) is 0 Å². The van der Waals surface area contributed by atoms with Crippen molar-refractivity contribution in [1.82, 2.24) is 10.2 Å². The number of nitrogens with one attached hydrogen (secondary N) is 1. The van der Waals surface area contributed by atoms with Crippen molar-refractivity contribution in [3.8, 4) is 0 Å². The van der Waals surface area contributed by atoms with Gasteiger partial charge in [-0.2, -0.15) is 0 Å². The zero-order chi connectivity index (χ0) is 12.8. The van der Waals surface area contributed by atoms with Crippen molar-refractivity contribution in [2.45, 2.75) is 23.0 Å². The maximum absolute atomic E-state index is 10.4. The summed E-state index contributed by atoms with van der Waals surface area (Å²) in [4.78, 5) is 12.3. The van der Waals surface area contributed by atoms with E-state index in [4.69, 9.17) is 47.0 Å². The molecule has 3 nitrogen and oxygen atoms in total. The van der Waals surface area contributed by atoms with Crippen LogP contribution in [0.5, 0.6) is 0 Å². The van der Waals surface area contributed by atoms with Crippen molar-refractivity contribution >= 4 is 69.5 Å². The number of alkyl halides is 3. The molecule has 16 heavy (non-hydrogen) atoms. The highest BCUT2D eigenvalue weighted by Crippen LogP contribution is 2.36. The maximum atomic E-state index is 10.4. The molecule has 0 rings (SSSR count). The van der Waals surface area contributed by atoms with E-state index < -0.39 is 9.17 Å². The van der Waals surface area contributed by atoms with Crippen LogP contribution in [-0.2, 0) is 4.79 Å². The lowest BCUT2D eigenvalue weighted by molar-refractivity contribution is -0.109. The third-order valence-electron chi connectivity index (χ3n) is 1.76. The van der Waals surface area contributed by atoms with Gasteiger partial charge in [0.15, 0.2) is 0 Å². The van der Waals surface area contributed by atoms with Gasteiger partial charge in [-0.25, -0.2) is 0 Å². The summed E-state index contributed by atoms with van der Waals surface area (Å²) in [6.07, 6.45) is 0.490. The Morgan fingerprint density at radius 3 is 2.31 bits per heavy atom. The molecular weight excluding hydrogens is 311 g/mol. The molecule has 0 saturated heterocycles. The minimum atomic E-state index is -1.59. The van der Waals surface area contributed by atoms with Gasteiger partial charge in [-0.15, -0.1) is 0 Å². The maximum Gasteiger partial charge on any atom is 0.220 e. The molecule has 0 fully saturated rings. The summed E-state index contributed by atoms with van der Waals surface area (Å²) in [7, 11) is 0. The van der Waals surface area contributed by atoms with Crippen LogP contribution < -0.4 is 5.32 Å². The molecule has 0 saturated carbocycles. The van der Waals surface area contributed by atoms with Crippen molar-refractivity contribution < 1.29 is 4.79 Å². The van der Waals surface area contributed by atoms with Crippen molar-refractivity contribution in [1.29, 1.82) is 0 Å². The Morgan fingerprint density at radius 1 is 1.50 bits per heavy atom. The van der Waals surface area contributed by atoms with Crippen LogP contribution in [0.15, 0.2) is 0 Å². The molecule has 0 aromatic rings. The normalized spacial score (nSPS) is 13.1. The van der Waals surface area contributed by atoms with Crippen LogP contribution in [0.1, 0.15) is 13.8 Å². The smallest absolute Gasteiger partial charge is 0.220 e.